The average Bonchev–Trinajstić information content (AvgIpc) is 3.11. The van der Waals surface area contributed by atoms with Gasteiger partial charge >= 0.3 is 0 Å². The minimum absolute atomic E-state index is 0. The average molecular weight is 462 g/mol. The summed E-state index contributed by atoms with van der Waals surface area (Å²) in [6.45, 7) is 5.74. The Hall–Kier alpha value is -1.38. The van der Waals surface area contributed by atoms with Gasteiger partial charge in [0.1, 0.15) is 5.82 Å². The molecule has 1 aromatic rings. The van der Waals surface area contributed by atoms with Crippen LogP contribution in [0.25, 0.3) is 0 Å². The Morgan fingerprint density at radius 1 is 1.20 bits per heavy atom. The van der Waals surface area contributed by atoms with E-state index < -0.39 is 0 Å². The van der Waals surface area contributed by atoms with Crippen LogP contribution in [0.1, 0.15) is 31.7 Å². The third-order valence-corrected chi connectivity index (χ3v) is 4.02. The van der Waals surface area contributed by atoms with Gasteiger partial charge < -0.3 is 15.5 Å². The molecular formula is C18H28FIN4O. The molecule has 5 nitrogen and oxygen atoms in total. The maximum Gasteiger partial charge on any atom is 0.224 e. The largest absolute Gasteiger partial charge is 0.357 e. The fraction of sp³-hybridized carbons (Fsp3) is 0.556. The Bertz CT molecular complexity index is 545. The fourth-order valence-corrected chi connectivity index (χ4v) is 2.71. The van der Waals surface area contributed by atoms with E-state index in [0.717, 1.165) is 44.5 Å². The molecule has 7 heteroatoms. The first-order chi connectivity index (χ1) is 11.7. The molecule has 1 fully saturated rings. The molecule has 0 atom stereocenters. The topological polar surface area (TPSA) is 56.7 Å². The van der Waals surface area contributed by atoms with Gasteiger partial charge in [0.2, 0.25) is 5.91 Å². The molecule has 140 valence electrons. The van der Waals surface area contributed by atoms with E-state index >= 15 is 0 Å². The predicted molar refractivity (Wildman–Crippen MR) is 110 cm³/mol. The van der Waals surface area contributed by atoms with Gasteiger partial charge in [-0.05, 0) is 43.9 Å². The number of carbonyl (C=O) groups excluding carboxylic acids is 1. The molecule has 0 unspecified atom stereocenters. The Morgan fingerprint density at radius 2 is 1.88 bits per heavy atom. The molecule has 2 rings (SSSR count). The van der Waals surface area contributed by atoms with Crippen molar-refractivity contribution in [3.8, 4) is 0 Å². The van der Waals surface area contributed by atoms with Crippen LogP contribution in [0, 0.1) is 5.82 Å². The highest BCUT2D eigenvalue weighted by atomic mass is 127. The molecule has 0 radical (unpaired) electrons. The number of rotatable bonds is 7. The van der Waals surface area contributed by atoms with Crippen LogP contribution in [0.3, 0.4) is 0 Å². The highest BCUT2D eigenvalue weighted by molar-refractivity contribution is 14.0. The second kappa shape index (κ2) is 12.1. The summed E-state index contributed by atoms with van der Waals surface area (Å²) < 4.78 is 12.9. The number of likely N-dealkylation sites (tertiary alicyclic amines) is 1. The lowest BCUT2D eigenvalue weighted by Gasteiger charge is -2.15. The van der Waals surface area contributed by atoms with E-state index in [1.807, 2.05) is 11.8 Å². The maximum atomic E-state index is 12.9. The van der Waals surface area contributed by atoms with E-state index in [1.165, 1.54) is 12.1 Å². The number of hydrogen-bond donors (Lipinski definition) is 2. The van der Waals surface area contributed by atoms with Gasteiger partial charge in [-0.1, -0.05) is 12.1 Å². The minimum atomic E-state index is -0.218. The van der Waals surface area contributed by atoms with E-state index in [9.17, 15) is 9.18 Å². The Labute approximate surface area is 166 Å². The van der Waals surface area contributed by atoms with Crippen LogP contribution in [0.2, 0.25) is 0 Å². The van der Waals surface area contributed by atoms with Crippen molar-refractivity contribution >= 4 is 35.8 Å². The van der Waals surface area contributed by atoms with Crippen LogP contribution in [0.5, 0.6) is 0 Å². The van der Waals surface area contributed by atoms with Gasteiger partial charge in [-0.15, -0.1) is 24.0 Å². The highest BCUT2D eigenvalue weighted by Gasteiger charge is 2.16. The van der Waals surface area contributed by atoms with Crippen molar-refractivity contribution in [2.45, 2.75) is 32.6 Å². The molecule has 0 aromatic heterocycles. The number of nitrogens with zero attached hydrogens (tertiary/aromatic N) is 2. The van der Waals surface area contributed by atoms with Crippen LogP contribution in [0.15, 0.2) is 29.3 Å². The summed E-state index contributed by atoms with van der Waals surface area (Å²) in [4.78, 5) is 18.4. The number of carbonyl (C=O) groups is 1. The van der Waals surface area contributed by atoms with E-state index in [1.54, 1.807) is 12.1 Å². The first kappa shape index (κ1) is 21.7. The quantitative estimate of drug-likeness (QED) is 0.372. The van der Waals surface area contributed by atoms with Crippen molar-refractivity contribution in [1.29, 1.82) is 0 Å². The summed E-state index contributed by atoms with van der Waals surface area (Å²) in [6.07, 6.45) is 3.47. The minimum Gasteiger partial charge on any atom is -0.357 e. The molecule has 1 aromatic carbocycles. The van der Waals surface area contributed by atoms with Crippen molar-refractivity contribution in [3.05, 3.63) is 35.6 Å². The van der Waals surface area contributed by atoms with Gasteiger partial charge in [0.05, 0.1) is 6.54 Å². The van der Waals surface area contributed by atoms with Crippen molar-refractivity contribution in [2.75, 3.05) is 32.7 Å². The smallest absolute Gasteiger partial charge is 0.224 e. The predicted octanol–water partition coefficient (Wildman–Crippen LogP) is 2.55. The molecule has 2 N–H and O–H groups in total. The maximum absolute atomic E-state index is 12.9. The highest BCUT2D eigenvalue weighted by Crippen LogP contribution is 2.08. The van der Waals surface area contributed by atoms with Gasteiger partial charge in [-0.25, -0.2) is 4.39 Å². The van der Waals surface area contributed by atoms with Gasteiger partial charge in [0, 0.05) is 32.6 Å². The molecule has 1 saturated heterocycles. The Morgan fingerprint density at radius 3 is 2.52 bits per heavy atom. The molecule has 25 heavy (non-hydrogen) atoms. The number of amides is 1. The second-order valence-corrected chi connectivity index (χ2v) is 5.90. The SMILES string of the molecule is CCNC(=NCCC(=O)N1CCCC1)NCCc1ccc(F)cc1.I. The van der Waals surface area contributed by atoms with E-state index in [0.29, 0.717) is 25.5 Å². The monoisotopic (exact) mass is 462 g/mol. The molecule has 0 saturated carbocycles. The van der Waals surface area contributed by atoms with Crippen LogP contribution in [0.4, 0.5) is 4.39 Å². The van der Waals surface area contributed by atoms with Gasteiger partial charge in [0.25, 0.3) is 0 Å². The number of aliphatic imine (C=N–C) groups is 1. The number of benzene rings is 1. The summed E-state index contributed by atoms with van der Waals surface area (Å²) in [7, 11) is 0. The van der Waals surface area contributed by atoms with Crippen molar-refractivity contribution in [1.82, 2.24) is 15.5 Å². The first-order valence-electron chi connectivity index (χ1n) is 8.73. The molecule has 0 spiro atoms. The lowest BCUT2D eigenvalue weighted by molar-refractivity contribution is -0.129. The normalized spacial score (nSPS) is 14.2. The molecule has 1 heterocycles. The summed E-state index contributed by atoms with van der Waals surface area (Å²) in [6, 6.07) is 6.52. The Balaban J connectivity index is 0.00000312. The standard InChI is InChI=1S/C18H27FN4O.HI/c1-2-20-18(21-11-9-15-5-7-16(19)8-6-15)22-12-10-17(24)23-13-3-4-14-23;/h5-8H,2-4,9-14H2,1H3,(H2,20,21,22);1H. The zero-order chi connectivity index (χ0) is 17.2. The van der Waals surface area contributed by atoms with Crippen LogP contribution < -0.4 is 10.6 Å². The van der Waals surface area contributed by atoms with E-state index in [2.05, 4.69) is 15.6 Å². The van der Waals surface area contributed by atoms with Crippen LogP contribution in [-0.4, -0.2) is 49.5 Å². The number of guanidine groups is 1. The fourth-order valence-electron chi connectivity index (χ4n) is 2.71. The lowest BCUT2D eigenvalue weighted by Crippen LogP contribution is -2.38. The molecule has 0 aliphatic carbocycles. The third-order valence-electron chi connectivity index (χ3n) is 4.02. The van der Waals surface area contributed by atoms with Gasteiger partial charge in [-0.3, -0.25) is 9.79 Å². The number of hydrogen-bond acceptors (Lipinski definition) is 2. The second-order valence-electron chi connectivity index (χ2n) is 5.90. The van der Waals surface area contributed by atoms with E-state index in [-0.39, 0.29) is 35.7 Å². The third kappa shape index (κ3) is 8.02. The summed E-state index contributed by atoms with van der Waals surface area (Å²) in [5.41, 5.74) is 1.07. The van der Waals surface area contributed by atoms with Crippen LogP contribution >= 0.6 is 24.0 Å². The molecular weight excluding hydrogens is 434 g/mol. The summed E-state index contributed by atoms with van der Waals surface area (Å²) in [5, 5.41) is 6.42. The molecule has 1 amide bonds. The number of nitrogens with one attached hydrogen (secondary N) is 2. The molecule has 1 aliphatic rings. The molecule has 0 bridgehead atoms. The van der Waals surface area contributed by atoms with Crippen molar-refractivity contribution in [3.63, 3.8) is 0 Å². The van der Waals surface area contributed by atoms with Crippen molar-refractivity contribution < 1.29 is 9.18 Å². The summed E-state index contributed by atoms with van der Waals surface area (Å²) in [5.74, 6) is 0.691. The zero-order valence-corrected chi connectivity index (χ0v) is 17.1. The van der Waals surface area contributed by atoms with Crippen molar-refractivity contribution in [2.24, 2.45) is 4.99 Å². The van der Waals surface area contributed by atoms with Crippen LogP contribution in [-0.2, 0) is 11.2 Å². The summed E-state index contributed by atoms with van der Waals surface area (Å²) >= 11 is 0. The lowest BCUT2D eigenvalue weighted by atomic mass is 10.1. The van der Waals surface area contributed by atoms with Gasteiger partial charge in [0.15, 0.2) is 5.96 Å². The first-order valence-corrected chi connectivity index (χ1v) is 8.73. The number of halogens is 2. The Kier molecular flexibility index (Phi) is 10.4. The van der Waals surface area contributed by atoms with Gasteiger partial charge in [-0.2, -0.15) is 0 Å². The molecule has 1 aliphatic heterocycles. The zero-order valence-electron chi connectivity index (χ0n) is 14.8. The van der Waals surface area contributed by atoms with E-state index in [4.69, 9.17) is 0 Å².